The third-order valence-corrected chi connectivity index (χ3v) is 3.50. The van der Waals surface area contributed by atoms with E-state index in [1.165, 1.54) is 17.8 Å². The molecule has 4 heteroatoms. The molecule has 1 unspecified atom stereocenters. The number of halogens is 1. The number of hydrogen-bond acceptors (Lipinski definition) is 3. The van der Waals surface area contributed by atoms with Gasteiger partial charge in [-0.15, -0.1) is 11.8 Å². The van der Waals surface area contributed by atoms with Gasteiger partial charge in [0.15, 0.2) is 0 Å². The number of benzene rings is 1. The van der Waals surface area contributed by atoms with Crippen LogP contribution in [0.15, 0.2) is 29.2 Å². The summed E-state index contributed by atoms with van der Waals surface area (Å²) in [5.74, 6) is -0.550. The topological polar surface area (TPSA) is 26.3 Å². The average Bonchev–Trinajstić information content (AvgIpc) is 2.31. The molecule has 0 spiro atoms. The van der Waals surface area contributed by atoms with E-state index in [1.54, 1.807) is 25.1 Å². The maximum Gasteiger partial charge on any atom is 0.319 e. The molecule has 1 atom stereocenters. The summed E-state index contributed by atoms with van der Waals surface area (Å²) in [6.07, 6.45) is 1.56. The first-order valence-electron chi connectivity index (χ1n) is 5.76. The second-order valence-electron chi connectivity index (χ2n) is 3.58. The third kappa shape index (κ3) is 4.38. The van der Waals surface area contributed by atoms with Gasteiger partial charge in [-0.25, -0.2) is 4.39 Å². The van der Waals surface area contributed by atoms with Crippen LogP contribution in [-0.4, -0.2) is 17.8 Å². The maximum absolute atomic E-state index is 13.5. The molecule has 0 aliphatic heterocycles. The fraction of sp³-hybridized carbons (Fsp3) is 0.462. The first-order valence-corrected chi connectivity index (χ1v) is 6.64. The van der Waals surface area contributed by atoms with E-state index < -0.39 is 0 Å². The Morgan fingerprint density at radius 2 is 2.12 bits per heavy atom. The molecular weight excluding hydrogens is 239 g/mol. The lowest BCUT2D eigenvalue weighted by atomic mass is 10.2. The van der Waals surface area contributed by atoms with Crippen LogP contribution in [0.1, 0.15) is 26.7 Å². The largest absolute Gasteiger partial charge is 0.465 e. The van der Waals surface area contributed by atoms with Crippen LogP contribution in [0.2, 0.25) is 0 Å². The van der Waals surface area contributed by atoms with E-state index in [0.29, 0.717) is 17.9 Å². The highest BCUT2D eigenvalue weighted by Gasteiger charge is 2.21. The molecule has 0 saturated heterocycles. The predicted octanol–water partition coefficient (Wildman–Crippen LogP) is 3.65. The van der Waals surface area contributed by atoms with Gasteiger partial charge in [0.2, 0.25) is 0 Å². The van der Waals surface area contributed by atoms with Gasteiger partial charge in [0.1, 0.15) is 11.1 Å². The Labute approximate surface area is 106 Å². The molecule has 0 heterocycles. The molecule has 0 aromatic heterocycles. The first-order chi connectivity index (χ1) is 8.19. The van der Waals surface area contributed by atoms with E-state index in [2.05, 4.69) is 0 Å². The maximum atomic E-state index is 13.5. The van der Waals surface area contributed by atoms with Crippen molar-refractivity contribution in [3.05, 3.63) is 30.1 Å². The Morgan fingerprint density at radius 1 is 1.41 bits per heavy atom. The molecule has 0 N–H and O–H groups in total. The number of rotatable bonds is 6. The zero-order valence-corrected chi connectivity index (χ0v) is 10.9. The fourth-order valence-corrected chi connectivity index (χ4v) is 2.58. The van der Waals surface area contributed by atoms with E-state index in [1.807, 2.05) is 6.92 Å². The Hall–Kier alpha value is -1.03. The molecule has 0 saturated carbocycles. The Morgan fingerprint density at radius 3 is 2.71 bits per heavy atom. The van der Waals surface area contributed by atoms with Crippen LogP contribution in [0, 0.1) is 5.82 Å². The number of carbonyl (C=O) groups excluding carboxylic acids is 1. The lowest BCUT2D eigenvalue weighted by Gasteiger charge is -2.14. The van der Waals surface area contributed by atoms with E-state index >= 15 is 0 Å². The van der Waals surface area contributed by atoms with Crippen molar-refractivity contribution in [1.82, 2.24) is 0 Å². The number of hydrogen-bond donors (Lipinski definition) is 0. The fourth-order valence-electron chi connectivity index (χ4n) is 1.42. The zero-order chi connectivity index (χ0) is 12.7. The van der Waals surface area contributed by atoms with E-state index in [9.17, 15) is 9.18 Å². The van der Waals surface area contributed by atoms with Gasteiger partial charge in [0.25, 0.3) is 0 Å². The Balaban J connectivity index is 2.73. The predicted molar refractivity (Wildman–Crippen MR) is 67.6 cm³/mol. The molecule has 17 heavy (non-hydrogen) atoms. The molecular formula is C13H17FO2S. The van der Waals surface area contributed by atoms with Crippen LogP contribution >= 0.6 is 11.8 Å². The molecule has 0 aliphatic carbocycles. The normalized spacial score (nSPS) is 12.2. The average molecular weight is 256 g/mol. The third-order valence-electron chi connectivity index (χ3n) is 2.21. The summed E-state index contributed by atoms with van der Waals surface area (Å²) in [6, 6.07) is 6.48. The van der Waals surface area contributed by atoms with Crippen molar-refractivity contribution in [3.63, 3.8) is 0 Å². The molecule has 1 rings (SSSR count). The summed E-state index contributed by atoms with van der Waals surface area (Å²) < 4.78 is 18.5. The summed E-state index contributed by atoms with van der Waals surface area (Å²) in [7, 11) is 0. The van der Waals surface area contributed by atoms with Gasteiger partial charge < -0.3 is 4.74 Å². The first kappa shape index (κ1) is 14.0. The second kappa shape index (κ2) is 7.33. The van der Waals surface area contributed by atoms with Gasteiger partial charge in [-0.05, 0) is 25.5 Å². The van der Waals surface area contributed by atoms with Gasteiger partial charge in [0, 0.05) is 4.90 Å². The summed E-state index contributed by atoms with van der Waals surface area (Å²) in [5.41, 5.74) is 0. The number of esters is 1. The van der Waals surface area contributed by atoms with Crippen molar-refractivity contribution >= 4 is 17.7 Å². The van der Waals surface area contributed by atoms with Crippen LogP contribution < -0.4 is 0 Å². The quantitative estimate of drug-likeness (QED) is 0.574. The number of carbonyl (C=O) groups is 1. The molecule has 0 fully saturated rings. The Kier molecular flexibility index (Phi) is 6.05. The molecule has 0 amide bonds. The molecule has 0 aliphatic rings. The highest BCUT2D eigenvalue weighted by Crippen LogP contribution is 2.29. The summed E-state index contributed by atoms with van der Waals surface area (Å²) in [5, 5.41) is -0.322. The molecule has 1 aromatic rings. The highest BCUT2D eigenvalue weighted by molar-refractivity contribution is 8.00. The standard InChI is InChI=1S/C13H17FO2S/c1-3-7-12(13(15)16-4-2)17-11-9-6-5-8-10(11)14/h5-6,8-9,12H,3-4,7H2,1-2H3. The SMILES string of the molecule is CCCC(Sc1ccccc1F)C(=O)OCC. The minimum atomic E-state index is -0.322. The van der Waals surface area contributed by atoms with Crippen molar-refractivity contribution in [1.29, 1.82) is 0 Å². The Bertz CT molecular complexity index is 368. The molecule has 1 aromatic carbocycles. The second-order valence-corrected chi connectivity index (χ2v) is 4.82. The van der Waals surface area contributed by atoms with Gasteiger partial charge in [-0.1, -0.05) is 25.5 Å². The van der Waals surface area contributed by atoms with Gasteiger partial charge in [-0.3, -0.25) is 4.79 Å². The minimum absolute atomic E-state index is 0.261. The van der Waals surface area contributed by atoms with Crippen LogP contribution in [0.3, 0.4) is 0 Å². The number of ether oxygens (including phenoxy) is 1. The van der Waals surface area contributed by atoms with E-state index in [-0.39, 0.29) is 17.0 Å². The van der Waals surface area contributed by atoms with Crippen LogP contribution in [0.5, 0.6) is 0 Å². The highest BCUT2D eigenvalue weighted by atomic mass is 32.2. The summed E-state index contributed by atoms with van der Waals surface area (Å²) >= 11 is 1.24. The monoisotopic (exact) mass is 256 g/mol. The van der Waals surface area contributed by atoms with Crippen molar-refractivity contribution in [3.8, 4) is 0 Å². The molecule has 2 nitrogen and oxygen atoms in total. The van der Waals surface area contributed by atoms with E-state index in [4.69, 9.17) is 4.74 Å². The van der Waals surface area contributed by atoms with Crippen molar-refractivity contribution < 1.29 is 13.9 Å². The molecule has 0 radical (unpaired) electrons. The lowest BCUT2D eigenvalue weighted by molar-refractivity contribution is -0.142. The van der Waals surface area contributed by atoms with Crippen molar-refractivity contribution in [2.45, 2.75) is 36.8 Å². The van der Waals surface area contributed by atoms with Crippen molar-refractivity contribution in [2.75, 3.05) is 6.61 Å². The van der Waals surface area contributed by atoms with Gasteiger partial charge in [-0.2, -0.15) is 0 Å². The van der Waals surface area contributed by atoms with Gasteiger partial charge >= 0.3 is 5.97 Å². The number of thioether (sulfide) groups is 1. The summed E-state index contributed by atoms with van der Waals surface area (Å²) in [4.78, 5) is 12.2. The van der Waals surface area contributed by atoms with Gasteiger partial charge in [0.05, 0.1) is 6.61 Å². The van der Waals surface area contributed by atoms with Crippen LogP contribution in [-0.2, 0) is 9.53 Å². The smallest absolute Gasteiger partial charge is 0.319 e. The summed E-state index contributed by atoms with van der Waals surface area (Å²) in [6.45, 7) is 4.12. The van der Waals surface area contributed by atoms with Crippen LogP contribution in [0.4, 0.5) is 4.39 Å². The van der Waals surface area contributed by atoms with E-state index in [0.717, 1.165) is 6.42 Å². The molecule has 94 valence electrons. The lowest BCUT2D eigenvalue weighted by Crippen LogP contribution is -2.20. The van der Waals surface area contributed by atoms with Crippen LogP contribution in [0.25, 0.3) is 0 Å². The molecule has 0 bridgehead atoms. The minimum Gasteiger partial charge on any atom is -0.465 e. The zero-order valence-electron chi connectivity index (χ0n) is 10.1. The van der Waals surface area contributed by atoms with Crippen molar-refractivity contribution in [2.24, 2.45) is 0 Å².